The topological polar surface area (TPSA) is 6.48 Å². The zero-order valence-corrected chi connectivity index (χ0v) is 35.9. The minimum Gasteiger partial charge on any atom is -0.400 e. The lowest BCUT2D eigenvalue weighted by Gasteiger charge is -2.55. The van der Waals surface area contributed by atoms with Gasteiger partial charge in [0.05, 0.1) is 5.69 Å². The Kier molecular flexibility index (Phi) is 7.24. The molecule has 2 unspecified atom stereocenters. The molecule has 7 aromatic rings. The maximum absolute atomic E-state index is 2.99. The van der Waals surface area contributed by atoms with E-state index in [-0.39, 0.29) is 28.6 Å². The van der Waals surface area contributed by atoms with Gasteiger partial charge in [-0.3, -0.25) is 0 Å². The number of hydrogen-bond donors (Lipinski definition) is 0. The Labute approximate surface area is 343 Å². The molecule has 284 valence electrons. The molecule has 0 amide bonds. The van der Waals surface area contributed by atoms with E-state index in [4.69, 9.17) is 0 Å². The van der Waals surface area contributed by atoms with Crippen LogP contribution >= 0.6 is 11.3 Å². The lowest BCUT2D eigenvalue weighted by Crippen LogP contribution is -2.70. The molecular formula is C53H53BN2S. The molecule has 0 radical (unpaired) electrons. The second-order valence-corrected chi connectivity index (χ2v) is 21.3. The largest absolute Gasteiger partial charge is 0.400 e. The Hall–Kier alpha value is -4.80. The van der Waals surface area contributed by atoms with E-state index in [1.165, 1.54) is 118 Å². The van der Waals surface area contributed by atoms with Crippen molar-refractivity contribution in [3.63, 3.8) is 0 Å². The third-order valence-electron chi connectivity index (χ3n) is 14.7. The average molecular weight is 761 g/mol. The lowest BCUT2D eigenvalue weighted by atomic mass is 9.42. The molecule has 2 atom stereocenters. The smallest absolute Gasteiger partial charge is 0.328 e. The van der Waals surface area contributed by atoms with E-state index >= 15 is 0 Å². The number of rotatable bonds is 2. The summed E-state index contributed by atoms with van der Waals surface area (Å²) in [6, 6.07) is 42.9. The molecule has 0 saturated heterocycles. The van der Waals surface area contributed by atoms with E-state index in [9.17, 15) is 0 Å². The fourth-order valence-corrected chi connectivity index (χ4v) is 12.6. The number of anilines is 4. The van der Waals surface area contributed by atoms with Crippen LogP contribution in [0.5, 0.6) is 0 Å². The van der Waals surface area contributed by atoms with Gasteiger partial charge >= 0.3 is 6.85 Å². The average Bonchev–Trinajstić information content (AvgIpc) is 3.64. The number of benzene rings is 6. The summed E-state index contributed by atoms with van der Waals surface area (Å²) in [5.41, 5.74) is 19.4. The molecule has 1 fully saturated rings. The second-order valence-electron chi connectivity index (χ2n) is 20.2. The van der Waals surface area contributed by atoms with Crippen LogP contribution in [0, 0.1) is 6.92 Å². The van der Waals surface area contributed by atoms with Crippen LogP contribution in [0.15, 0.2) is 109 Å². The van der Waals surface area contributed by atoms with Gasteiger partial charge in [-0.25, -0.2) is 0 Å². The van der Waals surface area contributed by atoms with Crippen LogP contribution in [-0.2, 0) is 16.2 Å². The first-order valence-corrected chi connectivity index (χ1v) is 22.1. The molecule has 1 aromatic heterocycles. The van der Waals surface area contributed by atoms with Gasteiger partial charge in [0, 0.05) is 59.3 Å². The van der Waals surface area contributed by atoms with E-state index < -0.39 is 0 Å². The van der Waals surface area contributed by atoms with E-state index in [0.717, 1.165) is 0 Å². The molecular weight excluding hydrogens is 707 g/mol. The molecule has 4 heterocycles. The minimum absolute atomic E-state index is 0.0166. The summed E-state index contributed by atoms with van der Waals surface area (Å²) < 4.78 is 2.71. The van der Waals surface area contributed by atoms with Gasteiger partial charge in [-0.2, -0.15) is 0 Å². The molecule has 0 bridgehead atoms. The Bertz CT molecular complexity index is 2840. The SMILES string of the molecule is Cc1cc2c3c(c1)N(c1ccc(C(C)(C)C)cc1-c1ccccc1)c1cc4sc5ccccc5c4cc1B3N1c3c-2cc(C(C)(C)C)cc3C2(C)CCCCC12C. The number of hydrogen-bond acceptors (Lipinski definition) is 3. The fraction of sp³-hybridized carbons (Fsp3) is 0.321. The molecule has 4 heteroatoms. The highest BCUT2D eigenvalue weighted by Crippen LogP contribution is 2.63. The Morgan fingerprint density at radius 1 is 0.614 bits per heavy atom. The molecule has 0 spiro atoms. The van der Waals surface area contributed by atoms with E-state index in [1.807, 2.05) is 11.3 Å². The molecule has 1 aliphatic carbocycles. The van der Waals surface area contributed by atoms with Gasteiger partial charge in [-0.15, -0.1) is 11.3 Å². The third kappa shape index (κ3) is 4.77. The highest BCUT2D eigenvalue weighted by Gasteiger charge is 2.63. The van der Waals surface area contributed by atoms with Gasteiger partial charge in [-0.05, 0) is 118 Å². The van der Waals surface area contributed by atoms with Crippen molar-refractivity contribution in [2.75, 3.05) is 9.71 Å². The second kappa shape index (κ2) is 11.7. The van der Waals surface area contributed by atoms with E-state index in [0.29, 0.717) is 0 Å². The molecule has 57 heavy (non-hydrogen) atoms. The first-order valence-electron chi connectivity index (χ1n) is 21.3. The minimum atomic E-state index is -0.0297. The van der Waals surface area contributed by atoms with Crippen molar-refractivity contribution in [1.82, 2.24) is 0 Å². The predicted octanol–water partition coefficient (Wildman–Crippen LogP) is 13.6. The normalized spacial score (nSPS) is 20.8. The van der Waals surface area contributed by atoms with Crippen LogP contribution in [-0.4, -0.2) is 12.4 Å². The van der Waals surface area contributed by atoms with Crippen molar-refractivity contribution in [3.05, 3.63) is 131 Å². The lowest BCUT2D eigenvalue weighted by molar-refractivity contribution is 0.199. The van der Waals surface area contributed by atoms with Crippen LogP contribution < -0.4 is 20.6 Å². The van der Waals surface area contributed by atoms with Crippen LogP contribution in [0.1, 0.15) is 103 Å². The van der Waals surface area contributed by atoms with Crippen LogP contribution in [0.2, 0.25) is 0 Å². The molecule has 2 nitrogen and oxygen atoms in total. The first-order chi connectivity index (χ1) is 27.2. The van der Waals surface area contributed by atoms with Gasteiger partial charge < -0.3 is 9.71 Å². The number of nitrogens with zero attached hydrogens (tertiary/aromatic N) is 2. The summed E-state index contributed by atoms with van der Waals surface area (Å²) >= 11 is 1.93. The summed E-state index contributed by atoms with van der Waals surface area (Å²) in [5.74, 6) is 0. The predicted molar refractivity (Wildman–Crippen MR) is 249 cm³/mol. The fourth-order valence-electron chi connectivity index (χ4n) is 11.4. The van der Waals surface area contributed by atoms with Crippen LogP contribution in [0.25, 0.3) is 42.4 Å². The van der Waals surface area contributed by atoms with Crippen molar-refractivity contribution in [3.8, 4) is 22.3 Å². The zero-order valence-electron chi connectivity index (χ0n) is 35.1. The van der Waals surface area contributed by atoms with Crippen molar-refractivity contribution < 1.29 is 0 Å². The number of aryl methyl sites for hydroxylation is 1. The zero-order chi connectivity index (χ0) is 39.4. The Morgan fingerprint density at radius 2 is 1.33 bits per heavy atom. The van der Waals surface area contributed by atoms with Gasteiger partial charge in [0.1, 0.15) is 0 Å². The first kappa shape index (κ1) is 35.4. The molecule has 4 aliphatic rings. The standard InChI is InChI=1S/C53H53BN2S/c1-32-25-39-40-28-35(51(5,6)7)29-41-49(40)56(53(9)24-16-15-23-52(41,53)8)54-42-30-38-36-19-13-14-20-46(36)57-47(38)31-44(42)55(45(26-32)48(39)54)43-22-21-34(50(2,3)4)27-37(43)33-17-11-10-12-18-33/h10-14,17-22,25-31H,15-16,23-24H2,1-9H3. The van der Waals surface area contributed by atoms with Crippen molar-refractivity contribution in [1.29, 1.82) is 0 Å². The highest BCUT2D eigenvalue weighted by atomic mass is 32.1. The summed E-state index contributed by atoms with van der Waals surface area (Å²) in [4.78, 5) is 5.66. The molecule has 3 aliphatic heterocycles. The number of fused-ring (bicyclic) bond motifs is 10. The summed E-state index contributed by atoms with van der Waals surface area (Å²) in [6.07, 6.45) is 4.98. The molecule has 1 saturated carbocycles. The maximum atomic E-state index is 2.99. The van der Waals surface area contributed by atoms with Crippen molar-refractivity contribution in [2.45, 2.75) is 110 Å². The van der Waals surface area contributed by atoms with Crippen molar-refractivity contribution >= 4 is 72.0 Å². The Balaban J connectivity index is 1.30. The summed E-state index contributed by atoms with van der Waals surface area (Å²) in [6.45, 7) is 21.9. The molecule has 11 rings (SSSR count). The molecule has 6 aromatic carbocycles. The van der Waals surface area contributed by atoms with Gasteiger partial charge in [0.2, 0.25) is 0 Å². The van der Waals surface area contributed by atoms with Gasteiger partial charge in [-0.1, -0.05) is 134 Å². The Morgan fingerprint density at radius 3 is 2.11 bits per heavy atom. The molecule has 0 N–H and O–H groups in total. The summed E-state index contributed by atoms with van der Waals surface area (Å²) in [5, 5.41) is 2.74. The third-order valence-corrected chi connectivity index (χ3v) is 15.9. The van der Waals surface area contributed by atoms with Crippen LogP contribution in [0.3, 0.4) is 0 Å². The van der Waals surface area contributed by atoms with E-state index in [1.54, 1.807) is 5.56 Å². The van der Waals surface area contributed by atoms with Gasteiger partial charge in [0.15, 0.2) is 0 Å². The number of thiophene rings is 1. The monoisotopic (exact) mass is 760 g/mol. The summed E-state index contributed by atoms with van der Waals surface area (Å²) in [7, 11) is 0. The maximum Gasteiger partial charge on any atom is 0.328 e. The van der Waals surface area contributed by atoms with E-state index in [2.05, 4.69) is 181 Å². The van der Waals surface area contributed by atoms with Crippen molar-refractivity contribution in [2.24, 2.45) is 0 Å². The van der Waals surface area contributed by atoms with Gasteiger partial charge in [0.25, 0.3) is 0 Å². The van der Waals surface area contributed by atoms with Crippen LogP contribution in [0.4, 0.5) is 22.7 Å². The highest BCUT2D eigenvalue weighted by molar-refractivity contribution is 7.26. The quantitative estimate of drug-likeness (QED) is 0.162.